The van der Waals surface area contributed by atoms with E-state index in [-0.39, 0.29) is 12.1 Å². The van der Waals surface area contributed by atoms with Gasteiger partial charge in [0.15, 0.2) is 0 Å². The lowest BCUT2D eigenvalue weighted by molar-refractivity contribution is 0.166. The third kappa shape index (κ3) is 3.27. The highest BCUT2D eigenvalue weighted by molar-refractivity contribution is 5.67. The second kappa shape index (κ2) is 5.39. The SMILES string of the molecule is CC[C@@H](NC(=O)OC)c1ccc(C)cc1. The summed E-state index contributed by atoms with van der Waals surface area (Å²) in [5, 5.41) is 2.79. The fourth-order valence-electron chi connectivity index (χ4n) is 1.42. The first kappa shape index (κ1) is 11.6. The van der Waals surface area contributed by atoms with Gasteiger partial charge in [-0.25, -0.2) is 4.79 Å². The van der Waals surface area contributed by atoms with E-state index >= 15 is 0 Å². The number of alkyl carbamates (subject to hydrolysis) is 1. The molecule has 0 heterocycles. The largest absolute Gasteiger partial charge is 0.453 e. The van der Waals surface area contributed by atoms with E-state index in [4.69, 9.17) is 0 Å². The first-order valence-electron chi connectivity index (χ1n) is 5.08. The lowest BCUT2D eigenvalue weighted by atomic mass is 10.0. The molecule has 1 aromatic rings. The van der Waals surface area contributed by atoms with Crippen LogP contribution in [0.4, 0.5) is 4.79 Å². The minimum atomic E-state index is -0.387. The summed E-state index contributed by atoms with van der Waals surface area (Å²) in [4.78, 5) is 11.1. The Hall–Kier alpha value is -1.51. The van der Waals surface area contributed by atoms with Crippen molar-refractivity contribution in [3.8, 4) is 0 Å². The fourth-order valence-corrected chi connectivity index (χ4v) is 1.42. The number of ether oxygens (including phenoxy) is 1. The van der Waals surface area contributed by atoms with E-state index in [9.17, 15) is 4.79 Å². The van der Waals surface area contributed by atoms with Crippen LogP contribution in [0.1, 0.15) is 30.5 Å². The zero-order valence-corrected chi connectivity index (χ0v) is 9.41. The number of benzene rings is 1. The number of methoxy groups -OCH3 is 1. The van der Waals surface area contributed by atoms with Gasteiger partial charge < -0.3 is 10.1 Å². The molecule has 82 valence electrons. The van der Waals surface area contributed by atoms with Gasteiger partial charge in [-0.15, -0.1) is 0 Å². The van der Waals surface area contributed by atoms with Crippen LogP contribution in [0, 0.1) is 6.92 Å². The van der Waals surface area contributed by atoms with Crippen molar-refractivity contribution >= 4 is 6.09 Å². The molecule has 1 amide bonds. The van der Waals surface area contributed by atoms with Crippen molar-refractivity contribution in [1.82, 2.24) is 5.32 Å². The maximum Gasteiger partial charge on any atom is 0.407 e. The molecule has 15 heavy (non-hydrogen) atoms. The molecule has 0 aliphatic heterocycles. The van der Waals surface area contributed by atoms with Gasteiger partial charge in [0, 0.05) is 0 Å². The molecule has 0 bridgehead atoms. The number of rotatable bonds is 3. The van der Waals surface area contributed by atoms with Crippen LogP contribution in [-0.4, -0.2) is 13.2 Å². The average Bonchev–Trinajstić information content (AvgIpc) is 2.27. The summed E-state index contributed by atoms with van der Waals surface area (Å²) in [6, 6.07) is 8.16. The Morgan fingerprint density at radius 3 is 2.47 bits per heavy atom. The van der Waals surface area contributed by atoms with Gasteiger partial charge in [-0.1, -0.05) is 36.8 Å². The lowest BCUT2D eigenvalue weighted by Gasteiger charge is -2.16. The molecule has 3 nitrogen and oxygen atoms in total. The van der Waals surface area contributed by atoms with Crippen LogP contribution in [0.2, 0.25) is 0 Å². The highest BCUT2D eigenvalue weighted by Gasteiger charge is 2.11. The maximum absolute atomic E-state index is 11.1. The van der Waals surface area contributed by atoms with Crippen molar-refractivity contribution in [3.63, 3.8) is 0 Å². The summed E-state index contributed by atoms with van der Waals surface area (Å²) >= 11 is 0. The summed E-state index contributed by atoms with van der Waals surface area (Å²) in [5.74, 6) is 0. The first-order chi connectivity index (χ1) is 7.17. The van der Waals surface area contributed by atoms with Crippen LogP contribution in [0.25, 0.3) is 0 Å². The molecule has 0 saturated carbocycles. The van der Waals surface area contributed by atoms with Gasteiger partial charge in [0.1, 0.15) is 0 Å². The van der Waals surface area contributed by atoms with Crippen molar-refractivity contribution < 1.29 is 9.53 Å². The van der Waals surface area contributed by atoms with Crippen LogP contribution < -0.4 is 5.32 Å². The van der Waals surface area contributed by atoms with Gasteiger partial charge in [0.2, 0.25) is 0 Å². The van der Waals surface area contributed by atoms with Crippen molar-refractivity contribution in [2.24, 2.45) is 0 Å². The molecule has 1 N–H and O–H groups in total. The Kier molecular flexibility index (Phi) is 4.16. The monoisotopic (exact) mass is 207 g/mol. The Morgan fingerprint density at radius 2 is 2.00 bits per heavy atom. The molecular weight excluding hydrogens is 190 g/mol. The third-order valence-electron chi connectivity index (χ3n) is 2.37. The van der Waals surface area contributed by atoms with E-state index < -0.39 is 0 Å². The second-order valence-electron chi connectivity index (χ2n) is 3.51. The summed E-state index contributed by atoms with van der Waals surface area (Å²) in [6.45, 7) is 4.07. The Labute approximate surface area is 90.4 Å². The normalized spacial score (nSPS) is 11.9. The highest BCUT2D eigenvalue weighted by atomic mass is 16.5. The van der Waals surface area contributed by atoms with E-state index in [0.29, 0.717) is 0 Å². The number of nitrogens with one attached hydrogen (secondary N) is 1. The minimum Gasteiger partial charge on any atom is -0.453 e. The van der Waals surface area contributed by atoms with Crippen LogP contribution in [0.3, 0.4) is 0 Å². The van der Waals surface area contributed by atoms with E-state index in [1.807, 2.05) is 38.1 Å². The third-order valence-corrected chi connectivity index (χ3v) is 2.37. The Morgan fingerprint density at radius 1 is 1.40 bits per heavy atom. The number of hydrogen-bond acceptors (Lipinski definition) is 2. The Bertz CT molecular complexity index is 319. The van der Waals surface area contributed by atoms with Crippen LogP contribution in [0.15, 0.2) is 24.3 Å². The molecule has 0 aromatic heterocycles. The molecule has 0 radical (unpaired) electrons. The molecule has 1 rings (SSSR count). The number of amides is 1. The molecule has 0 aliphatic rings. The highest BCUT2D eigenvalue weighted by Crippen LogP contribution is 2.16. The number of hydrogen-bond donors (Lipinski definition) is 1. The van der Waals surface area contributed by atoms with Gasteiger partial charge in [-0.05, 0) is 18.9 Å². The molecular formula is C12H17NO2. The second-order valence-corrected chi connectivity index (χ2v) is 3.51. The maximum atomic E-state index is 11.1. The van der Waals surface area contributed by atoms with Gasteiger partial charge in [-0.2, -0.15) is 0 Å². The fraction of sp³-hybridized carbons (Fsp3) is 0.417. The zero-order chi connectivity index (χ0) is 11.3. The van der Waals surface area contributed by atoms with Crippen LogP contribution in [-0.2, 0) is 4.74 Å². The number of aryl methyl sites for hydroxylation is 1. The smallest absolute Gasteiger partial charge is 0.407 e. The predicted molar refractivity (Wildman–Crippen MR) is 59.8 cm³/mol. The molecule has 0 unspecified atom stereocenters. The van der Waals surface area contributed by atoms with Crippen molar-refractivity contribution in [1.29, 1.82) is 0 Å². The summed E-state index contributed by atoms with van der Waals surface area (Å²) in [6.07, 6.45) is 0.459. The summed E-state index contributed by atoms with van der Waals surface area (Å²) in [5.41, 5.74) is 2.32. The van der Waals surface area contributed by atoms with E-state index in [0.717, 1.165) is 12.0 Å². The van der Waals surface area contributed by atoms with Gasteiger partial charge >= 0.3 is 6.09 Å². The first-order valence-corrected chi connectivity index (χ1v) is 5.08. The van der Waals surface area contributed by atoms with E-state index in [2.05, 4.69) is 10.1 Å². The lowest BCUT2D eigenvalue weighted by Crippen LogP contribution is -2.27. The summed E-state index contributed by atoms with van der Waals surface area (Å²) in [7, 11) is 1.37. The average molecular weight is 207 g/mol. The molecule has 0 spiro atoms. The summed E-state index contributed by atoms with van der Waals surface area (Å²) < 4.78 is 4.58. The Balaban J connectivity index is 2.74. The van der Waals surface area contributed by atoms with Gasteiger partial charge in [-0.3, -0.25) is 0 Å². The quantitative estimate of drug-likeness (QED) is 0.827. The van der Waals surface area contributed by atoms with Crippen molar-refractivity contribution in [2.45, 2.75) is 26.3 Å². The molecule has 1 atom stereocenters. The van der Waals surface area contributed by atoms with Crippen molar-refractivity contribution in [3.05, 3.63) is 35.4 Å². The topological polar surface area (TPSA) is 38.3 Å². The van der Waals surface area contributed by atoms with Gasteiger partial charge in [0.05, 0.1) is 13.2 Å². The molecule has 3 heteroatoms. The number of carbonyl (C=O) groups is 1. The predicted octanol–water partition coefficient (Wildman–Crippen LogP) is 2.80. The van der Waals surface area contributed by atoms with E-state index in [1.54, 1.807) is 0 Å². The zero-order valence-electron chi connectivity index (χ0n) is 9.41. The van der Waals surface area contributed by atoms with Crippen LogP contribution >= 0.6 is 0 Å². The van der Waals surface area contributed by atoms with Gasteiger partial charge in [0.25, 0.3) is 0 Å². The van der Waals surface area contributed by atoms with Crippen molar-refractivity contribution in [2.75, 3.05) is 7.11 Å². The molecule has 0 saturated heterocycles. The van der Waals surface area contributed by atoms with E-state index in [1.165, 1.54) is 12.7 Å². The van der Waals surface area contributed by atoms with Crippen LogP contribution in [0.5, 0.6) is 0 Å². The molecule has 0 aliphatic carbocycles. The molecule has 1 aromatic carbocycles. The minimum absolute atomic E-state index is 0.0260. The molecule has 0 fully saturated rings. The number of carbonyl (C=O) groups excluding carboxylic acids is 1. The standard InChI is InChI=1S/C12H17NO2/c1-4-11(13-12(14)15-3)10-7-5-9(2)6-8-10/h5-8,11H,4H2,1-3H3,(H,13,14)/t11-/m1/s1.